The molecule has 7 aromatic rings. The molecule has 4 heterocycles. The van der Waals surface area contributed by atoms with Crippen LogP contribution in [0.5, 0.6) is 11.6 Å². The summed E-state index contributed by atoms with van der Waals surface area (Å²) < 4.78 is 8.80. The number of rotatable bonds is 5. The fraction of sp³-hybridized carbons (Fsp3) is 0.186. The summed E-state index contributed by atoms with van der Waals surface area (Å²) in [6, 6.07) is 38.7. The molecule has 3 aromatic heterocycles. The Morgan fingerprint density at radius 2 is 1.50 bits per heavy atom. The average Bonchev–Trinajstić information content (AvgIpc) is 3.58. The second kappa shape index (κ2) is 12.8. The summed E-state index contributed by atoms with van der Waals surface area (Å²) in [5, 5.41) is 2.21. The first-order valence-corrected chi connectivity index (χ1v) is 16.6. The van der Waals surface area contributed by atoms with E-state index in [1.165, 1.54) is 22.3 Å². The molecule has 254 valence electrons. The number of nitrogens with zero attached hydrogens (tertiary/aromatic N) is 5. The number of hydrogen-bond acceptors (Lipinski definition) is 5. The third-order valence-corrected chi connectivity index (χ3v) is 9.34. The van der Waals surface area contributed by atoms with Crippen molar-refractivity contribution in [3.63, 3.8) is 0 Å². The molecule has 0 saturated carbocycles. The van der Waals surface area contributed by atoms with Gasteiger partial charge in [0.1, 0.15) is 11.7 Å². The largest absolute Gasteiger partial charge is 0.504 e. The van der Waals surface area contributed by atoms with Crippen LogP contribution >= 0.6 is 0 Å². The first kappa shape index (κ1) is 33.6. The molecule has 0 N–H and O–H groups in total. The molecule has 50 heavy (non-hydrogen) atoms. The maximum absolute atomic E-state index is 6.62. The molecule has 0 radical (unpaired) electrons. The van der Waals surface area contributed by atoms with Crippen LogP contribution in [-0.4, -0.2) is 21.6 Å². The summed E-state index contributed by atoms with van der Waals surface area (Å²) in [7, 11) is 2.06. The van der Waals surface area contributed by atoms with Gasteiger partial charge in [-0.25, -0.2) is 4.98 Å². The van der Waals surface area contributed by atoms with Gasteiger partial charge in [-0.05, 0) is 96.9 Å². The van der Waals surface area contributed by atoms with Crippen molar-refractivity contribution in [1.82, 2.24) is 14.5 Å². The second-order valence-electron chi connectivity index (χ2n) is 14.0. The topological polar surface area (TPSA) is 46.4 Å². The van der Waals surface area contributed by atoms with Crippen LogP contribution < -0.4 is 14.5 Å². The van der Waals surface area contributed by atoms with E-state index in [9.17, 15) is 0 Å². The molecule has 8 rings (SSSR count). The third kappa shape index (κ3) is 5.86. The van der Waals surface area contributed by atoms with Crippen molar-refractivity contribution >= 4 is 38.9 Å². The molecular formula is C43H38N5OPt-3. The number of benzene rings is 4. The number of aromatic nitrogens is 3. The van der Waals surface area contributed by atoms with E-state index in [1.807, 2.05) is 12.3 Å². The molecule has 1 aliphatic rings. The number of aryl methyl sites for hydroxylation is 3. The molecular weight excluding hydrogens is 798 g/mol. The third-order valence-electron chi connectivity index (χ3n) is 9.34. The number of pyridine rings is 2. The predicted octanol–water partition coefficient (Wildman–Crippen LogP) is 10.6. The van der Waals surface area contributed by atoms with E-state index in [0.29, 0.717) is 11.6 Å². The minimum atomic E-state index is -0.0189. The van der Waals surface area contributed by atoms with Crippen LogP contribution in [0, 0.1) is 39.6 Å². The van der Waals surface area contributed by atoms with Crippen LogP contribution in [0.2, 0.25) is 0 Å². The maximum Gasteiger partial charge on any atom is 0.135 e. The Morgan fingerprint density at radius 3 is 2.26 bits per heavy atom. The SMILES string of the molecule is Cc1cc(C)c(-c2cc(N3[CH-]N(C)c4ccccc43)[c-]c(Oc3[c-]c4c(cc3)c3ccccc3n4-c3cc(C(C)(C)C)ccn3)n2)c(C)c1.[Pt]. The van der Waals surface area contributed by atoms with E-state index in [2.05, 4.69) is 167 Å². The van der Waals surface area contributed by atoms with E-state index in [1.54, 1.807) is 0 Å². The van der Waals surface area contributed by atoms with Gasteiger partial charge in [-0.1, -0.05) is 74.3 Å². The standard InChI is InChI=1S/C43H38N5O.Pt/c1-27-20-28(2)42(29(3)21-27)35-23-31(47-26-46(7)37-14-10-11-15-38(37)47)24-41(45-35)49-32-16-17-34-33-12-8-9-13-36(33)48(39(34)25-32)40-22-30(18-19-44-40)43(4,5)6;/h8-23,26H,1-7H3;/q-3;. The van der Waals surface area contributed by atoms with Crippen molar-refractivity contribution in [2.75, 3.05) is 16.8 Å². The van der Waals surface area contributed by atoms with Gasteiger partial charge in [0.2, 0.25) is 0 Å². The molecule has 0 atom stereocenters. The van der Waals surface area contributed by atoms with Gasteiger partial charge < -0.3 is 19.1 Å². The van der Waals surface area contributed by atoms with E-state index in [-0.39, 0.29) is 26.5 Å². The van der Waals surface area contributed by atoms with Gasteiger partial charge >= 0.3 is 0 Å². The molecule has 0 aliphatic carbocycles. The minimum Gasteiger partial charge on any atom is -0.504 e. The van der Waals surface area contributed by atoms with E-state index < -0.39 is 0 Å². The molecule has 0 spiro atoms. The van der Waals surface area contributed by atoms with Crippen LogP contribution in [-0.2, 0) is 26.5 Å². The smallest absolute Gasteiger partial charge is 0.135 e. The molecule has 0 fully saturated rings. The Balaban J connectivity index is 0.00000392. The van der Waals surface area contributed by atoms with Crippen molar-refractivity contribution in [2.45, 2.75) is 47.0 Å². The van der Waals surface area contributed by atoms with Gasteiger partial charge in [0, 0.05) is 49.9 Å². The quantitative estimate of drug-likeness (QED) is 0.162. The molecule has 6 nitrogen and oxygen atoms in total. The first-order valence-electron chi connectivity index (χ1n) is 16.6. The number of para-hydroxylation sites is 3. The zero-order chi connectivity index (χ0) is 34.0. The second-order valence-corrected chi connectivity index (χ2v) is 14.0. The van der Waals surface area contributed by atoms with Crippen molar-refractivity contribution in [2.24, 2.45) is 0 Å². The summed E-state index contributed by atoms with van der Waals surface area (Å²) in [5.41, 5.74) is 11.7. The van der Waals surface area contributed by atoms with Crippen molar-refractivity contribution in [1.29, 1.82) is 0 Å². The van der Waals surface area contributed by atoms with Crippen molar-refractivity contribution in [3.05, 3.63) is 138 Å². The molecule has 0 amide bonds. The van der Waals surface area contributed by atoms with Gasteiger partial charge in [0.05, 0.1) is 0 Å². The zero-order valence-corrected chi connectivity index (χ0v) is 31.5. The van der Waals surface area contributed by atoms with Gasteiger partial charge in [-0.15, -0.1) is 17.5 Å². The summed E-state index contributed by atoms with van der Waals surface area (Å²) in [5.74, 6) is 1.77. The van der Waals surface area contributed by atoms with Crippen LogP contribution in [0.4, 0.5) is 17.1 Å². The first-order chi connectivity index (χ1) is 23.5. The molecule has 0 unspecified atom stereocenters. The molecule has 0 saturated heterocycles. The number of hydrogen-bond donors (Lipinski definition) is 0. The van der Waals surface area contributed by atoms with E-state index in [0.717, 1.165) is 55.9 Å². The number of fused-ring (bicyclic) bond motifs is 4. The zero-order valence-electron chi connectivity index (χ0n) is 29.3. The van der Waals surface area contributed by atoms with Crippen molar-refractivity contribution < 1.29 is 25.8 Å². The number of anilines is 3. The minimum absolute atomic E-state index is 0. The van der Waals surface area contributed by atoms with E-state index in [4.69, 9.17) is 14.7 Å². The van der Waals surface area contributed by atoms with Gasteiger partial charge in [-0.3, -0.25) is 4.98 Å². The Kier molecular flexibility index (Phi) is 8.56. The fourth-order valence-corrected chi connectivity index (χ4v) is 7.07. The Hall–Kier alpha value is -4.93. The number of ether oxygens (including phenoxy) is 1. The molecule has 7 heteroatoms. The maximum atomic E-state index is 6.62. The summed E-state index contributed by atoms with van der Waals surface area (Å²) in [6.07, 6.45) is 1.89. The normalized spacial score (nSPS) is 12.8. The summed E-state index contributed by atoms with van der Waals surface area (Å²) >= 11 is 0. The molecule has 1 aliphatic heterocycles. The summed E-state index contributed by atoms with van der Waals surface area (Å²) in [4.78, 5) is 14.2. The monoisotopic (exact) mass is 835 g/mol. The average molecular weight is 836 g/mol. The van der Waals surface area contributed by atoms with Crippen LogP contribution in [0.3, 0.4) is 0 Å². The Labute approximate surface area is 308 Å². The van der Waals surface area contributed by atoms with Gasteiger partial charge in [-0.2, -0.15) is 30.6 Å². The molecule has 0 bridgehead atoms. The van der Waals surface area contributed by atoms with Crippen LogP contribution in [0.15, 0.2) is 97.2 Å². The van der Waals surface area contributed by atoms with Crippen molar-refractivity contribution in [3.8, 4) is 28.7 Å². The summed E-state index contributed by atoms with van der Waals surface area (Å²) in [6.45, 7) is 15.1. The van der Waals surface area contributed by atoms with E-state index >= 15 is 0 Å². The van der Waals surface area contributed by atoms with Gasteiger partial charge in [0.15, 0.2) is 0 Å². The van der Waals surface area contributed by atoms with Crippen LogP contribution in [0.1, 0.15) is 43.0 Å². The molecule has 4 aromatic carbocycles. The predicted molar refractivity (Wildman–Crippen MR) is 200 cm³/mol. The van der Waals surface area contributed by atoms with Gasteiger partial charge in [0.25, 0.3) is 0 Å². The van der Waals surface area contributed by atoms with Crippen LogP contribution in [0.25, 0.3) is 38.9 Å². The fourth-order valence-electron chi connectivity index (χ4n) is 7.07. The Bertz CT molecular complexity index is 2380. The Morgan fingerprint density at radius 1 is 0.780 bits per heavy atom.